The Balaban J connectivity index is 1.58. The van der Waals surface area contributed by atoms with E-state index in [4.69, 9.17) is 4.74 Å². The fraction of sp³-hybridized carbons (Fsp3) is 0.391. The quantitative estimate of drug-likeness (QED) is 0.479. The Bertz CT molecular complexity index is 977. The van der Waals surface area contributed by atoms with Crippen LogP contribution in [0.2, 0.25) is 0 Å². The van der Waals surface area contributed by atoms with Gasteiger partial charge >= 0.3 is 0 Å². The maximum atomic E-state index is 12.9. The van der Waals surface area contributed by atoms with Gasteiger partial charge in [0.05, 0.1) is 7.11 Å². The first kappa shape index (κ1) is 22.8. The van der Waals surface area contributed by atoms with Gasteiger partial charge in [-0.05, 0) is 29.2 Å². The molecule has 3 rings (SSSR count). The number of hydrogen-bond acceptors (Lipinski definition) is 6. The second-order valence-corrected chi connectivity index (χ2v) is 8.86. The number of hydrogen-bond donors (Lipinski definition) is 1. The summed E-state index contributed by atoms with van der Waals surface area (Å²) >= 11 is 1.73. The highest BCUT2D eigenvalue weighted by Gasteiger charge is 2.27. The van der Waals surface area contributed by atoms with Crippen molar-refractivity contribution in [1.82, 2.24) is 25.5 Å². The van der Waals surface area contributed by atoms with E-state index in [1.54, 1.807) is 18.9 Å². The van der Waals surface area contributed by atoms with E-state index in [1.165, 1.54) is 4.80 Å². The molecule has 0 bridgehead atoms. The lowest BCUT2D eigenvalue weighted by molar-refractivity contribution is -0.126. The average Bonchev–Trinajstić information content (AvgIpc) is 3.26. The molecule has 0 aliphatic carbocycles. The van der Waals surface area contributed by atoms with Crippen molar-refractivity contribution >= 4 is 17.7 Å². The van der Waals surface area contributed by atoms with Crippen LogP contribution in [0.4, 0.5) is 0 Å². The molecular formula is C23H29N5O2S. The van der Waals surface area contributed by atoms with Gasteiger partial charge in [-0.2, -0.15) is 4.80 Å². The van der Waals surface area contributed by atoms with E-state index in [1.807, 2.05) is 68.4 Å². The first-order chi connectivity index (χ1) is 15.0. The maximum absolute atomic E-state index is 12.9. The third-order valence-corrected chi connectivity index (χ3v) is 6.21. The van der Waals surface area contributed by atoms with Gasteiger partial charge in [-0.1, -0.05) is 63.2 Å². The molecule has 164 valence electrons. The number of benzene rings is 2. The Morgan fingerprint density at radius 2 is 1.81 bits per heavy atom. The number of nitrogens with one attached hydrogen (secondary N) is 1. The topological polar surface area (TPSA) is 81.9 Å². The molecule has 0 spiro atoms. The molecule has 0 saturated heterocycles. The molecule has 0 radical (unpaired) electrons. The Labute approximate surface area is 187 Å². The Morgan fingerprint density at radius 1 is 1.10 bits per heavy atom. The summed E-state index contributed by atoms with van der Waals surface area (Å²) in [6, 6.07) is 17.1. The van der Waals surface area contributed by atoms with Crippen LogP contribution in [0.5, 0.6) is 5.75 Å². The van der Waals surface area contributed by atoms with E-state index < -0.39 is 6.04 Å². The van der Waals surface area contributed by atoms with Crippen molar-refractivity contribution in [3.63, 3.8) is 0 Å². The van der Waals surface area contributed by atoms with E-state index in [2.05, 4.69) is 27.7 Å². The number of tetrazole rings is 1. The number of thioether (sulfide) groups is 1. The van der Waals surface area contributed by atoms with Gasteiger partial charge in [0, 0.05) is 22.8 Å². The van der Waals surface area contributed by atoms with Crippen LogP contribution < -0.4 is 10.1 Å². The van der Waals surface area contributed by atoms with E-state index in [-0.39, 0.29) is 17.7 Å². The number of nitrogens with zero attached hydrogens (tertiary/aromatic N) is 4. The highest BCUT2D eigenvalue weighted by molar-refractivity contribution is 7.99. The molecule has 1 aromatic heterocycles. The standard InChI is InChI=1S/C23H29N5O2S/c1-16(2)21(28-26-22(25-27-28)18-10-6-5-7-11-18)23(29)24-14-17(3)15-31-20-13-9-8-12-19(20)30-4/h5-13,16-17,21H,14-15H2,1-4H3,(H,24,29). The summed E-state index contributed by atoms with van der Waals surface area (Å²) in [5.74, 6) is 2.47. The highest BCUT2D eigenvalue weighted by atomic mass is 32.2. The number of amides is 1. The third-order valence-electron chi connectivity index (χ3n) is 4.83. The van der Waals surface area contributed by atoms with E-state index >= 15 is 0 Å². The van der Waals surface area contributed by atoms with E-state index in [0.29, 0.717) is 12.4 Å². The third kappa shape index (κ3) is 6.07. The molecule has 1 amide bonds. The zero-order valence-electron chi connectivity index (χ0n) is 18.4. The molecule has 0 aliphatic rings. The van der Waals surface area contributed by atoms with E-state index in [9.17, 15) is 4.79 Å². The lowest BCUT2D eigenvalue weighted by atomic mass is 10.0. The minimum atomic E-state index is -0.515. The van der Waals surface area contributed by atoms with Crippen molar-refractivity contribution in [3.05, 3.63) is 54.6 Å². The van der Waals surface area contributed by atoms with Crippen molar-refractivity contribution in [2.45, 2.75) is 31.7 Å². The van der Waals surface area contributed by atoms with Gasteiger partial charge in [-0.25, -0.2) is 0 Å². The van der Waals surface area contributed by atoms with Crippen LogP contribution >= 0.6 is 11.8 Å². The van der Waals surface area contributed by atoms with Gasteiger partial charge in [0.1, 0.15) is 5.75 Å². The average molecular weight is 440 g/mol. The Kier molecular flexibility index (Phi) is 8.06. The fourth-order valence-electron chi connectivity index (χ4n) is 3.13. The van der Waals surface area contributed by atoms with Crippen molar-refractivity contribution in [2.24, 2.45) is 11.8 Å². The number of carbonyl (C=O) groups is 1. The monoisotopic (exact) mass is 439 g/mol. The lowest BCUT2D eigenvalue weighted by Crippen LogP contribution is -2.38. The van der Waals surface area contributed by atoms with Gasteiger partial charge in [-0.15, -0.1) is 22.0 Å². The number of para-hydroxylation sites is 1. The van der Waals surface area contributed by atoms with Gasteiger partial charge in [0.25, 0.3) is 0 Å². The maximum Gasteiger partial charge on any atom is 0.247 e. The van der Waals surface area contributed by atoms with Gasteiger partial charge < -0.3 is 10.1 Å². The molecule has 2 aromatic carbocycles. The summed E-state index contributed by atoms with van der Waals surface area (Å²) in [5, 5.41) is 15.8. The summed E-state index contributed by atoms with van der Waals surface area (Å²) in [4.78, 5) is 15.5. The Morgan fingerprint density at radius 3 is 2.52 bits per heavy atom. The summed E-state index contributed by atoms with van der Waals surface area (Å²) in [7, 11) is 1.68. The second-order valence-electron chi connectivity index (χ2n) is 7.80. The molecule has 3 aromatic rings. The smallest absolute Gasteiger partial charge is 0.247 e. The first-order valence-corrected chi connectivity index (χ1v) is 11.4. The van der Waals surface area contributed by atoms with Crippen LogP contribution in [0.3, 0.4) is 0 Å². The predicted octanol–water partition coefficient (Wildman–Crippen LogP) is 4.09. The number of ether oxygens (including phenoxy) is 1. The number of aromatic nitrogens is 4. The molecule has 1 heterocycles. The van der Waals surface area contributed by atoms with Crippen LogP contribution in [0.25, 0.3) is 11.4 Å². The van der Waals surface area contributed by atoms with Crippen LogP contribution in [-0.4, -0.2) is 45.5 Å². The van der Waals surface area contributed by atoms with Crippen molar-refractivity contribution in [1.29, 1.82) is 0 Å². The Hall–Kier alpha value is -2.87. The molecular weight excluding hydrogens is 410 g/mol. The molecule has 8 heteroatoms. The molecule has 0 fully saturated rings. The minimum absolute atomic E-state index is 0.0242. The zero-order valence-corrected chi connectivity index (χ0v) is 19.2. The molecule has 0 saturated carbocycles. The zero-order chi connectivity index (χ0) is 22.2. The van der Waals surface area contributed by atoms with Gasteiger partial charge in [0.2, 0.25) is 11.7 Å². The summed E-state index contributed by atoms with van der Waals surface area (Å²) < 4.78 is 5.40. The van der Waals surface area contributed by atoms with Crippen LogP contribution in [0, 0.1) is 11.8 Å². The molecule has 2 atom stereocenters. The van der Waals surface area contributed by atoms with E-state index in [0.717, 1.165) is 22.0 Å². The van der Waals surface area contributed by atoms with Gasteiger partial charge in [0.15, 0.2) is 6.04 Å². The summed E-state index contributed by atoms with van der Waals surface area (Å²) in [5.41, 5.74) is 0.874. The number of rotatable bonds is 10. The van der Waals surface area contributed by atoms with Crippen molar-refractivity contribution in [3.8, 4) is 17.1 Å². The van der Waals surface area contributed by atoms with Crippen molar-refractivity contribution < 1.29 is 9.53 Å². The number of carbonyl (C=O) groups excluding carboxylic acids is 1. The van der Waals surface area contributed by atoms with Gasteiger partial charge in [-0.3, -0.25) is 4.79 Å². The van der Waals surface area contributed by atoms with Crippen LogP contribution in [0.15, 0.2) is 59.5 Å². The summed E-state index contributed by atoms with van der Waals surface area (Å²) in [6.45, 7) is 6.66. The lowest BCUT2D eigenvalue weighted by Gasteiger charge is -2.20. The predicted molar refractivity (Wildman–Crippen MR) is 123 cm³/mol. The molecule has 0 aliphatic heterocycles. The number of methoxy groups -OCH3 is 1. The van der Waals surface area contributed by atoms with Crippen LogP contribution in [-0.2, 0) is 4.79 Å². The highest BCUT2D eigenvalue weighted by Crippen LogP contribution is 2.30. The molecule has 2 unspecified atom stereocenters. The molecule has 7 nitrogen and oxygen atoms in total. The second kappa shape index (κ2) is 10.9. The molecule has 31 heavy (non-hydrogen) atoms. The fourth-order valence-corrected chi connectivity index (χ4v) is 4.18. The first-order valence-electron chi connectivity index (χ1n) is 10.4. The van der Waals surface area contributed by atoms with Crippen molar-refractivity contribution in [2.75, 3.05) is 19.4 Å². The normalized spacial score (nSPS) is 13.1. The molecule has 1 N–H and O–H groups in total. The largest absolute Gasteiger partial charge is 0.496 e. The van der Waals surface area contributed by atoms with Crippen LogP contribution in [0.1, 0.15) is 26.8 Å². The minimum Gasteiger partial charge on any atom is -0.496 e. The summed E-state index contributed by atoms with van der Waals surface area (Å²) in [6.07, 6.45) is 0. The SMILES string of the molecule is COc1ccccc1SCC(C)CNC(=O)C(C(C)C)n1nnc(-c2ccccc2)n1.